The summed E-state index contributed by atoms with van der Waals surface area (Å²) in [4.78, 5) is 12.7. The molecule has 0 fully saturated rings. The summed E-state index contributed by atoms with van der Waals surface area (Å²) in [7, 11) is 3.08. The molecule has 0 atom stereocenters. The molecule has 0 N–H and O–H groups in total. The molecule has 0 heterocycles. The molecule has 1 aromatic rings. The number of benzene rings is 1. The zero-order chi connectivity index (χ0) is 13.9. The van der Waals surface area contributed by atoms with E-state index in [1.165, 1.54) is 18.9 Å². The van der Waals surface area contributed by atoms with Crippen LogP contribution in [0.3, 0.4) is 0 Å². The number of hydrogen-bond donors (Lipinski definition) is 0. The Balaban J connectivity index is 3.03. The summed E-state index contributed by atoms with van der Waals surface area (Å²) in [6.45, 7) is 7.72. The quantitative estimate of drug-likeness (QED) is 0.619. The van der Waals surface area contributed by atoms with Crippen molar-refractivity contribution in [3.63, 3.8) is 0 Å². The number of ether oxygens (including phenoxy) is 2. The van der Waals surface area contributed by atoms with Crippen molar-refractivity contribution >= 4 is 17.7 Å². The molecule has 0 aliphatic rings. The molecule has 3 nitrogen and oxygen atoms in total. The maximum atomic E-state index is 11.7. The van der Waals surface area contributed by atoms with Crippen LogP contribution in [-0.4, -0.2) is 24.9 Å². The minimum atomic E-state index is -0.595. The Hall–Kier alpha value is -1.16. The third kappa shape index (κ3) is 3.19. The van der Waals surface area contributed by atoms with E-state index in [4.69, 9.17) is 9.47 Å². The summed E-state index contributed by atoms with van der Waals surface area (Å²) < 4.78 is 9.54. The molecule has 4 heteroatoms. The Morgan fingerprint density at radius 3 is 2.06 bits per heavy atom. The standard InChI is InChI=1S/C14H20O3S/c1-9-7-11(8-10(2)12(9)16-5)18-14(3,4)13(15)17-6/h7-8H,1-6H3. The van der Waals surface area contributed by atoms with E-state index in [2.05, 4.69) is 0 Å². The first-order chi connectivity index (χ1) is 8.31. The van der Waals surface area contributed by atoms with Gasteiger partial charge in [-0.2, -0.15) is 0 Å². The lowest BCUT2D eigenvalue weighted by Gasteiger charge is -2.21. The van der Waals surface area contributed by atoms with E-state index >= 15 is 0 Å². The Bertz CT molecular complexity index is 429. The number of carbonyl (C=O) groups excluding carboxylic acids is 1. The Morgan fingerprint density at radius 2 is 1.67 bits per heavy atom. The van der Waals surface area contributed by atoms with Gasteiger partial charge in [-0.15, -0.1) is 11.8 Å². The van der Waals surface area contributed by atoms with Crippen LogP contribution < -0.4 is 4.74 Å². The zero-order valence-corrected chi connectivity index (χ0v) is 12.6. The maximum Gasteiger partial charge on any atom is 0.321 e. The molecule has 1 rings (SSSR count). The second-order valence-electron chi connectivity index (χ2n) is 4.69. The Labute approximate surface area is 113 Å². The van der Waals surface area contributed by atoms with Crippen LogP contribution in [-0.2, 0) is 9.53 Å². The van der Waals surface area contributed by atoms with Crippen molar-refractivity contribution in [1.29, 1.82) is 0 Å². The van der Waals surface area contributed by atoms with Gasteiger partial charge in [0.25, 0.3) is 0 Å². The number of thioether (sulfide) groups is 1. The van der Waals surface area contributed by atoms with E-state index in [0.717, 1.165) is 21.8 Å². The highest BCUT2D eigenvalue weighted by Crippen LogP contribution is 2.37. The average Bonchev–Trinajstić information content (AvgIpc) is 2.26. The summed E-state index contributed by atoms with van der Waals surface area (Å²) in [5.41, 5.74) is 2.14. The summed E-state index contributed by atoms with van der Waals surface area (Å²) >= 11 is 1.50. The van der Waals surface area contributed by atoms with Crippen molar-refractivity contribution in [1.82, 2.24) is 0 Å². The van der Waals surface area contributed by atoms with Gasteiger partial charge in [0.15, 0.2) is 0 Å². The fourth-order valence-corrected chi connectivity index (χ4v) is 3.10. The van der Waals surface area contributed by atoms with Gasteiger partial charge in [-0.3, -0.25) is 4.79 Å². The van der Waals surface area contributed by atoms with Crippen LogP contribution in [0.15, 0.2) is 17.0 Å². The second-order valence-corrected chi connectivity index (χ2v) is 6.39. The van der Waals surface area contributed by atoms with E-state index < -0.39 is 4.75 Å². The molecular formula is C14H20O3S. The van der Waals surface area contributed by atoms with Gasteiger partial charge in [-0.1, -0.05) is 0 Å². The van der Waals surface area contributed by atoms with Crippen LogP contribution in [0.4, 0.5) is 0 Å². The number of aryl methyl sites for hydroxylation is 2. The molecule has 0 aliphatic heterocycles. The largest absolute Gasteiger partial charge is 0.496 e. The lowest BCUT2D eigenvalue weighted by atomic mass is 10.1. The van der Waals surface area contributed by atoms with E-state index in [0.29, 0.717) is 0 Å². The monoisotopic (exact) mass is 268 g/mol. The topological polar surface area (TPSA) is 35.5 Å². The van der Waals surface area contributed by atoms with E-state index in [-0.39, 0.29) is 5.97 Å². The molecule has 100 valence electrons. The minimum absolute atomic E-state index is 0.223. The van der Waals surface area contributed by atoms with Gasteiger partial charge in [0.1, 0.15) is 10.5 Å². The molecule has 0 aliphatic carbocycles. The molecular weight excluding hydrogens is 248 g/mol. The molecule has 0 spiro atoms. The first-order valence-electron chi connectivity index (χ1n) is 5.74. The van der Waals surface area contributed by atoms with Crippen molar-refractivity contribution in [3.05, 3.63) is 23.3 Å². The molecule has 0 amide bonds. The van der Waals surface area contributed by atoms with E-state index in [1.807, 2.05) is 39.8 Å². The summed E-state index contributed by atoms with van der Waals surface area (Å²) in [5.74, 6) is 0.675. The molecule has 0 aromatic heterocycles. The van der Waals surface area contributed by atoms with Crippen LogP contribution in [0.1, 0.15) is 25.0 Å². The molecule has 0 unspecified atom stereocenters. The van der Waals surface area contributed by atoms with Crippen LogP contribution in [0.2, 0.25) is 0 Å². The van der Waals surface area contributed by atoms with Crippen LogP contribution in [0, 0.1) is 13.8 Å². The summed E-state index contributed by atoms with van der Waals surface area (Å²) in [5, 5.41) is 0. The highest BCUT2D eigenvalue weighted by Gasteiger charge is 2.30. The van der Waals surface area contributed by atoms with Gasteiger partial charge in [0.05, 0.1) is 14.2 Å². The van der Waals surface area contributed by atoms with Crippen LogP contribution in [0.25, 0.3) is 0 Å². The van der Waals surface area contributed by atoms with Crippen LogP contribution >= 0.6 is 11.8 Å². The normalized spacial score (nSPS) is 11.2. The fourth-order valence-electron chi connectivity index (χ4n) is 1.87. The van der Waals surface area contributed by atoms with Gasteiger partial charge >= 0.3 is 5.97 Å². The van der Waals surface area contributed by atoms with Crippen molar-refractivity contribution in [2.75, 3.05) is 14.2 Å². The molecule has 0 saturated heterocycles. The highest BCUT2D eigenvalue weighted by atomic mass is 32.2. The lowest BCUT2D eigenvalue weighted by molar-refractivity contribution is -0.142. The lowest BCUT2D eigenvalue weighted by Crippen LogP contribution is -2.28. The number of carbonyl (C=O) groups is 1. The minimum Gasteiger partial charge on any atom is -0.496 e. The number of hydrogen-bond acceptors (Lipinski definition) is 4. The van der Waals surface area contributed by atoms with Crippen molar-refractivity contribution < 1.29 is 14.3 Å². The van der Waals surface area contributed by atoms with Gasteiger partial charge in [0.2, 0.25) is 0 Å². The van der Waals surface area contributed by atoms with Gasteiger partial charge in [0, 0.05) is 4.90 Å². The summed E-state index contributed by atoms with van der Waals surface area (Å²) in [6, 6.07) is 4.06. The van der Waals surface area contributed by atoms with Crippen molar-refractivity contribution in [2.24, 2.45) is 0 Å². The van der Waals surface area contributed by atoms with Gasteiger partial charge < -0.3 is 9.47 Å². The van der Waals surface area contributed by atoms with Crippen molar-refractivity contribution in [2.45, 2.75) is 37.3 Å². The van der Waals surface area contributed by atoms with Gasteiger partial charge in [-0.25, -0.2) is 0 Å². The first kappa shape index (κ1) is 14.9. The smallest absolute Gasteiger partial charge is 0.321 e. The second kappa shape index (κ2) is 5.65. The molecule has 0 bridgehead atoms. The van der Waals surface area contributed by atoms with E-state index in [9.17, 15) is 4.79 Å². The predicted molar refractivity (Wildman–Crippen MR) is 74.4 cm³/mol. The average molecular weight is 268 g/mol. The molecule has 0 saturated carbocycles. The van der Waals surface area contributed by atoms with Crippen LogP contribution in [0.5, 0.6) is 5.75 Å². The molecule has 0 radical (unpaired) electrons. The third-order valence-corrected chi connectivity index (χ3v) is 3.84. The number of rotatable bonds is 4. The SMILES string of the molecule is COC(=O)C(C)(C)Sc1cc(C)c(OC)c(C)c1. The van der Waals surface area contributed by atoms with E-state index in [1.54, 1.807) is 7.11 Å². The number of methoxy groups -OCH3 is 2. The molecule has 1 aromatic carbocycles. The van der Waals surface area contributed by atoms with Crippen molar-refractivity contribution in [3.8, 4) is 5.75 Å². The Kier molecular flexibility index (Phi) is 4.68. The fraction of sp³-hybridized carbons (Fsp3) is 0.500. The predicted octanol–water partition coefficient (Wildman–Crippen LogP) is 3.36. The van der Waals surface area contributed by atoms with Gasteiger partial charge in [-0.05, 0) is 51.0 Å². The molecule has 18 heavy (non-hydrogen) atoms. The maximum absolute atomic E-state index is 11.7. The highest BCUT2D eigenvalue weighted by molar-refractivity contribution is 8.01. The third-order valence-electron chi connectivity index (χ3n) is 2.69. The Morgan fingerprint density at radius 1 is 1.17 bits per heavy atom. The zero-order valence-electron chi connectivity index (χ0n) is 11.8. The number of esters is 1. The first-order valence-corrected chi connectivity index (χ1v) is 6.56. The summed E-state index contributed by atoms with van der Waals surface area (Å²) in [6.07, 6.45) is 0.